The van der Waals surface area contributed by atoms with E-state index in [1.54, 1.807) is 22.4 Å². The number of likely N-dealkylation sites (tertiary alicyclic amines) is 1. The van der Waals surface area contributed by atoms with Gasteiger partial charge in [0.1, 0.15) is 23.4 Å². The fourth-order valence-corrected chi connectivity index (χ4v) is 8.15. The van der Waals surface area contributed by atoms with Crippen LogP contribution in [0.1, 0.15) is 68.5 Å². The van der Waals surface area contributed by atoms with Crippen molar-refractivity contribution in [2.24, 2.45) is 11.8 Å². The van der Waals surface area contributed by atoms with Gasteiger partial charge in [0.25, 0.3) is 0 Å². The molecule has 2 aliphatic heterocycles. The number of hydrogen-bond donors (Lipinski definition) is 2. The molecule has 3 aromatic heterocycles. The second-order valence-corrected chi connectivity index (χ2v) is 15.0. The number of methoxy groups -OCH3 is 1. The Hall–Kier alpha value is -4.42. The summed E-state index contributed by atoms with van der Waals surface area (Å²) >= 11 is 7.96. The van der Waals surface area contributed by atoms with Gasteiger partial charge in [0.15, 0.2) is 0 Å². The molecular formula is C36H38ClFN6O4S. The van der Waals surface area contributed by atoms with Crippen LogP contribution >= 0.6 is 22.9 Å². The first-order valence-corrected chi connectivity index (χ1v) is 17.7. The Bertz CT molecular complexity index is 2050. The van der Waals surface area contributed by atoms with E-state index in [0.29, 0.717) is 58.0 Å². The third kappa shape index (κ3) is 6.16. The van der Waals surface area contributed by atoms with Crippen LogP contribution in [0.2, 0.25) is 5.02 Å². The van der Waals surface area contributed by atoms with Crippen molar-refractivity contribution in [3.05, 3.63) is 75.3 Å². The van der Waals surface area contributed by atoms with Crippen molar-refractivity contribution in [2.75, 3.05) is 13.7 Å². The highest BCUT2D eigenvalue weighted by Gasteiger charge is 2.38. The third-order valence-electron chi connectivity index (χ3n) is 9.13. The molecule has 3 atom stereocenters. The van der Waals surface area contributed by atoms with E-state index in [-0.39, 0.29) is 17.9 Å². The second-order valence-electron chi connectivity index (χ2n) is 13.4. The standard InChI is InChI=1S/C36H38ClFN6O4S/c1-18(2)11-30-39-17-29(49-30)35-44-25-9-8-22(37)12-21(25)14-27(44)31-23(38)13-20(15-28(31)48-35)24-16-40-33(41-24)26-7-6-10-43(26)34(45)32(19(3)4)42-36(46)47-5/h8-9,12-19,26,32,35H,6-7,10-11H2,1-5H3,(H,40,41)(H,42,46). The van der Waals surface area contributed by atoms with Crippen molar-refractivity contribution in [3.8, 4) is 28.3 Å². The lowest BCUT2D eigenvalue weighted by molar-refractivity contribution is -0.135. The van der Waals surface area contributed by atoms with Gasteiger partial charge in [-0.2, -0.15) is 0 Å². The number of benzene rings is 2. The Labute approximate surface area is 292 Å². The number of carbonyl (C=O) groups excluding carboxylic acids is 2. The van der Waals surface area contributed by atoms with Gasteiger partial charge in [-0.25, -0.2) is 19.2 Å². The number of hydrogen-bond acceptors (Lipinski definition) is 7. The van der Waals surface area contributed by atoms with Crippen LogP contribution in [0, 0.1) is 17.7 Å². The van der Waals surface area contributed by atoms with E-state index in [1.165, 1.54) is 13.2 Å². The summed E-state index contributed by atoms with van der Waals surface area (Å²) in [6.45, 7) is 8.60. The summed E-state index contributed by atoms with van der Waals surface area (Å²) in [6.07, 6.45) is 4.64. The van der Waals surface area contributed by atoms with E-state index in [0.717, 1.165) is 33.6 Å². The molecule has 10 nitrogen and oxygen atoms in total. The average Bonchev–Trinajstić information content (AvgIpc) is 3.87. The van der Waals surface area contributed by atoms with Gasteiger partial charge in [0, 0.05) is 35.1 Å². The molecule has 2 aliphatic rings. The van der Waals surface area contributed by atoms with E-state index >= 15 is 4.39 Å². The van der Waals surface area contributed by atoms with Crippen LogP contribution < -0.4 is 10.1 Å². The predicted octanol–water partition coefficient (Wildman–Crippen LogP) is 8.13. The minimum atomic E-state index is -0.742. The van der Waals surface area contributed by atoms with Gasteiger partial charge in [0.05, 0.1) is 51.7 Å². The zero-order valence-corrected chi connectivity index (χ0v) is 29.5. The van der Waals surface area contributed by atoms with E-state index in [4.69, 9.17) is 21.1 Å². The lowest BCUT2D eigenvalue weighted by Gasteiger charge is -2.30. The monoisotopic (exact) mass is 704 g/mol. The fourth-order valence-electron chi connectivity index (χ4n) is 6.82. The van der Waals surface area contributed by atoms with Crippen molar-refractivity contribution in [1.29, 1.82) is 0 Å². The Morgan fingerprint density at radius 2 is 1.98 bits per heavy atom. The number of nitrogens with zero attached hydrogens (tertiary/aromatic N) is 4. The molecule has 5 heterocycles. The van der Waals surface area contributed by atoms with Gasteiger partial charge >= 0.3 is 6.09 Å². The van der Waals surface area contributed by atoms with Crippen LogP contribution in [-0.2, 0) is 16.0 Å². The summed E-state index contributed by atoms with van der Waals surface area (Å²) in [5, 5.41) is 5.17. The molecule has 3 unspecified atom stereocenters. The summed E-state index contributed by atoms with van der Waals surface area (Å²) in [4.78, 5) is 40.9. The maximum absolute atomic E-state index is 16.3. The SMILES string of the molecule is COC(=O)NC(C(=O)N1CCCC1c1ncc(-c2cc(F)c3c(c2)OC(c2cnc(CC(C)C)s2)n2c-3cc3cc(Cl)ccc32)[nH]1)C(C)C. The number of aromatic amines is 1. The largest absolute Gasteiger partial charge is 0.464 e. The smallest absolute Gasteiger partial charge is 0.407 e. The number of ether oxygens (including phenoxy) is 2. The van der Waals surface area contributed by atoms with Gasteiger partial charge < -0.3 is 24.7 Å². The molecule has 0 bridgehead atoms. The molecule has 0 aliphatic carbocycles. The quantitative estimate of drug-likeness (QED) is 0.169. The summed E-state index contributed by atoms with van der Waals surface area (Å²) in [5.41, 5.74) is 3.10. The lowest BCUT2D eigenvalue weighted by atomic mass is 10.0. The van der Waals surface area contributed by atoms with Crippen LogP contribution in [0.15, 0.2) is 48.8 Å². The van der Waals surface area contributed by atoms with Crippen LogP contribution in [0.25, 0.3) is 33.4 Å². The van der Waals surface area contributed by atoms with Crippen molar-refractivity contribution in [2.45, 2.75) is 65.3 Å². The lowest BCUT2D eigenvalue weighted by Crippen LogP contribution is -2.51. The van der Waals surface area contributed by atoms with Gasteiger partial charge in [-0.3, -0.25) is 9.36 Å². The minimum Gasteiger partial charge on any atom is -0.464 e. The number of fused-ring (bicyclic) bond motifs is 5. The Morgan fingerprint density at radius 3 is 2.73 bits per heavy atom. The number of amides is 2. The molecule has 7 rings (SSSR count). The maximum atomic E-state index is 16.3. The fraction of sp³-hybridized carbons (Fsp3) is 0.389. The molecule has 256 valence electrons. The molecule has 0 saturated carbocycles. The van der Waals surface area contributed by atoms with Gasteiger partial charge in [-0.1, -0.05) is 39.3 Å². The maximum Gasteiger partial charge on any atom is 0.407 e. The third-order valence-corrected chi connectivity index (χ3v) is 10.4. The molecule has 5 aromatic rings. The minimum absolute atomic E-state index is 0.148. The van der Waals surface area contributed by atoms with Gasteiger partial charge in [-0.15, -0.1) is 11.3 Å². The van der Waals surface area contributed by atoms with Crippen LogP contribution in [0.3, 0.4) is 0 Å². The molecular weight excluding hydrogens is 667 g/mol. The number of carbonyl (C=O) groups is 2. The summed E-state index contributed by atoms with van der Waals surface area (Å²) in [7, 11) is 1.27. The molecule has 0 spiro atoms. The highest BCUT2D eigenvalue weighted by molar-refractivity contribution is 7.11. The van der Waals surface area contributed by atoms with E-state index in [9.17, 15) is 9.59 Å². The van der Waals surface area contributed by atoms with E-state index < -0.39 is 24.2 Å². The van der Waals surface area contributed by atoms with Crippen molar-refractivity contribution < 1.29 is 23.5 Å². The Morgan fingerprint density at radius 1 is 1.16 bits per heavy atom. The molecule has 49 heavy (non-hydrogen) atoms. The number of rotatable bonds is 8. The number of aromatic nitrogens is 4. The van der Waals surface area contributed by atoms with Crippen LogP contribution in [-0.4, -0.2) is 56.1 Å². The molecule has 1 saturated heterocycles. The number of thiazole rings is 1. The van der Waals surface area contributed by atoms with E-state index in [1.807, 2.05) is 54.9 Å². The number of H-pyrrole nitrogens is 1. The Balaban J connectivity index is 1.24. The van der Waals surface area contributed by atoms with Crippen LogP contribution in [0.5, 0.6) is 5.75 Å². The second kappa shape index (κ2) is 13.1. The number of halogens is 2. The van der Waals surface area contributed by atoms with Crippen molar-refractivity contribution >= 4 is 45.8 Å². The molecule has 0 radical (unpaired) electrons. The number of alkyl carbamates (subject to hydrolysis) is 1. The topological polar surface area (TPSA) is 114 Å². The van der Waals surface area contributed by atoms with E-state index in [2.05, 4.69) is 34.1 Å². The first kappa shape index (κ1) is 33.1. The van der Waals surface area contributed by atoms with Gasteiger partial charge in [0.2, 0.25) is 12.1 Å². The normalized spacial score (nSPS) is 17.7. The first-order valence-electron chi connectivity index (χ1n) is 16.5. The van der Waals surface area contributed by atoms with Crippen molar-refractivity contribution in [1.82, 2.24) is 29.7 Å². The highest BCUT2D eigenvalue weighted by Crippen LogP contribution is 2.48. The van der Waals surface area contributed by atoms with Gasteiger partial charge in [-0.05, 0) is 61.1 Å². The summed E-state index contributed by atoms with van der Waals surface area (Å²) in [6, 6.07) is 9.84. The predicted molar refractivity (Wildman–Crippen MR) is 187 cm³/mol. The zero-order chi connectivity index (χ0) is 34.6. The summed E-state index contributed by atoms with van der Waals surface area (Å²) in [5.74, 6) is 0.672. The molecule has 2 amide bonds. The molecule has 2 aromatic carbocycles. The average molecular weight is 705 g/mol. The molecule has 1 fully saturated rings. The van der Waals surface area contributed by atoms with Crippen molar-refractivity contribution in [3.63, 3.8) is 0 Å². The Kier molecular flexibility index (Phi) is 8.87. The number of imidazole rings is 1. The van der Waals surface area contributed by atoms with Crippen LogP contribution in [0.4, 0.5) is 9.18 Å². The zero-order valence-electron chi connectivity index (χ0n) is 27.9. The summed E-state index contributed by atoms with van der Waals surface area (Å²) < 4.78 is 29.7. The number of nitrogens with one attached hydrogen (secondary N) is 2. The first-order chi connectivity index (χ1) is 23.5. The molecule has 2 N–H and O–H groups in total. The highest BCUT2D eigenvalue weighted by atomic mass is 35.5. The molecule has 13 heteroatoms.